The highest BCUT2D eigenvalue weighted by Gasteiger charge is 2.34. The van der Waals surface area contributed by atoms with Crippen LogP contribution in [-0.2, 0) is 20.8 Å². The van der Waals surface area contributed by atoms with Crippen LogP contribution in [0.25, 0.3) is 0 Å². The third kappa shape index (κ3) is 9.22. The predicted molar refractivity (Wildman–Crippen MR) is 162 cm³/mol. The molecule has 2 aromatic carbocycles. The molecule has 0 fully saturated rings. The van der Waals surface area contributed by atoms with Gasteiger partial charge in [0.15, 0.2) is 17.3 Å². The number of anilines is 1. The molecule has 2 N–H and O–H groups in total. The van der Waals surface area contributed by atoms with Crippen LogP contribution in [0, 0.1) is 6.92 Å². The molecule has 1 heterocycles. The van der Waals surface area contributed by atoms with Crippen molar-refractivity contribution >= 4 is 23.5 Å². The van der Waals surface area contributed by atoms with Crippen LogP contribution >= 0.6 is 0 Å². The average Bonchev–Trinajstić information content (AvgIpc) is 3.41. The number of nitrogens with one attached hydrogen (secondary N) is 2. The van der Waals surface area contributed by atoms with E-state index in [1.807, 2.05) is 32.9 Å². The Morgan fingerprint density at radius 2 is 1.65 bits per heavy atom. The van der Waals surface area contributed by atoms with E-state index < -0.39 is 11.6 Å². The number of benzene rings is 2. The van der Waals surface area contributed by atoms with E-state index in [4.69, 9.17) is 18.7 Å². The van der Waals surface area contributed by atoms with E-state index in [9.17, 15) is 14.4 Å². The first kappa shape index (κ1) is 33.0. The van der Waals surface area contributed by atoms with E-state index in [2.05, 4.69) is 15.8 Å². The Morgan fingerprint density at radius 3 is 2.23 bits per heavy atom. The lowest BCUT2D eigenvalue weighted by atomic mass is 9.98. The third-order valence-corrected chi connectivity index (χ3v) is 7.21. The first-order valence-electron chi connectivity index (χ1n) is 14.2. The first-order chi connectivity index (χ1) is 20.5. The molecule has 11 nitrogen and oxygen atoms in total. The zero-order chi connectivity index (χ0) is 31.6. The number of aryl methyl sites for hydroxylation is 1. The fraction of sp³-hybridized carbons (Fsp3) is 0.438. The Hall–Kier alpha value is -4.54. The molecule has 232 valence electrons. The van der Waals surface area contributed by atoms with Crippen molar-refractivity contribution < 1.29 is 33.1 Å². The maximum atomic E-state index is 13.9. The van der Waals surface area contributed by atoms with Crippen molar-refractivity contribution in [3.05, 3.63) is 65.4 Å². The predicted octanol–water partition coefficient (Wildman–Crippen LogP) is 4.84. The summed E-state index contributed by atoms with van der Waals surface area (Å²) in [6.45, 7) is 7.77. The van der Waals surface area contributed by atoms with Crippen LogP contribution in [0.1, 0.15) is 63.0 Å². The highest BCUT2D eigenvalue weighted by atomic mass is 16.5. The Morgan fingerprint density at radius 1 is 0.953 bits per heavy atom. The minimum Gasteiger partial charge on any atom is -0.497 e. The number of hydrogen-bond acceptors (Lipinski definition) is 8. The van der Waals surface area contributed by atoms with Gasteiger partial charge in [-0.3, -0.25) is 14.4 Å². The van der Waals surface area contributed by atoms with E-state index in [0.717, 1.165) is 5.56 Å². The Bertz CT molecular complexity index is 1380. The van der Waals surface area contributed by atoms with Crippen molar-refractivity contribution in [2.45, 2.75) is 65.0 Å². The van der Waals surface area contributed by atoms with Crippen molar-refractivity contribution in [1.29, 1.82) is 0 Å². The van der Waals surface area contributed by atoms with Gasteiger partial charge in [-0.2, -0.15) is 0 Å². The van der Waals surface area contributed by atoms with Crippen molar-refractivity contribution in [2.24, 2.45) is 0 Å². The van der Waals surface area contributed by atoms with Gasteiger partial charge in [-0.05, 0) is 69.0 Å². The summed E-state index contributed by atoms with van der Waals surface area (Å²) in [5, 5.41) is 9.51. The molecule has 0 radical (unpaired) electrons. The lowest BCUT2D eigenvalue weighted by Crippen LogP contribution is -2.50. The smallest absolute Gasteiger partial charge is 0.247 e. The summed E-state index contributed by atoms with van der Waals surface area (Å²) in [5.41, 5.74) is 1.00. The lowest BCUT2D eigenvalue weighted by Gasteiger charge is -2.35. The number of aromatic nitrogens is 1. The summed E-state index contributed by atoms with van der Waals surface area (Å²) in [5.74, 6) is 1.54. The summed E-state index contributed by atoms with van der Waals surface area (Å²) < 4.78 is 21.1. The van der Waals surface area contributed by atoms with Gasteiger partial charge >= 0.3 is 0 Å². The molecule has 3 amide bonds. The number of ether oxygens (including phenoxy) is 3. The van der Waals surface area contributed by atoms with Crippen molar-refractivity contribution in [1.82, 2.24) is 15.4 Å². The monoisotopic (exact) mass is 594 g/mol. The van der Waals surface area contributed by atoms with Gasteiger partial charge in [0, 0.05) is 31.0 Å². The Kier molecular flexibility index (Phi) is 11.6. The zero-order valence-corrected chi connectivity index (χ0v) is 26.0. The Labute approximate surface area is 252 Å². The number of nitrogens with zero attached hydrogens (tertiary/aromatic N) is 2. The van der Waals surface area contributed by atoms with Gasteiger partial charge in [0.05, 0.1) is 21.3 Å². The second-order valence-electron chi connectivity index (χ2n) is 10.8. The molecule has 3 rings (SSSR count). The number of methoxy groups -OCH3 is 3. The van der Waals surface area contributed by atoms with Gasteiger partial charge in [-0.1, -0.05) is 30.3 Å². The molecular weight excluding hydrogens is 552 g/mol. The molecule has 1 atom stereocenters. The van der Waals surface area contributed by atoms with Gasteiger partial charge < -0.3 is 34.3 Å². The Balaban J connectivity index is 1.93. The van der Waals surface area contributed by atoms with Gasteiger partial charge in [0.2, 0.25) is 17.7 Å². The van der Waals surface area contributed by atoms with E-state index in [1.165, 1.54) is 4.90 Å². The fourth-order valence-electron chi connectivity index (χ4n) is 4.43. The number of rotatable bonds is 15. The van der Waals surface area contributed by atoms with E-state index >= 15 is 0 Å². The van der Waals surface area contributed by atoms with Crippen molar-refractivity contribution in [2.75, 3.05) is 33.2 Å². The summed E-state index contributed by atoms with van der Waals surface area (Å²) in [4.78, 5) is 42.0. The maximum absolute atomic E-state index is 13.9. The van der Waals surface area contributed by atoms with Gasteiger partial charge in [0.25, 0.3) is 0 Å². The third-order valence-electron chi connectivity index (χ3n) is 7.21. The number of hydrogen-bond donors (Lipinski definition) is 2. The van der Waals surface area contributed by atoms with Gasteiger partial charge in [0.1, 0.15) is 17.6 Å². The van der Waals surface area contributed by atoms with Gasteiger partial charge in [-0.25, -0.2) is 0 Å². The van der Waals surface area contributed by atoms with Crippen LogP contribution in [0.4, 0.5) is 5.82 Å². The average molecular weight is 595 g/mol. The number of amides is 3. The van der Waals surface area contributed by atoms with Crippen LogP contribution < -0.4 is 24.8 Å². The molecule has 0 saturated heterocycles. The van der Waals surface area contributed by atoms with Crippen LogP contribution in [0.2, 0.25) is 0 Å². The van der Waals surface area contributed by atoms with Crippen LogP contribution in [-0.4, -0.2) is 61.2 Å². The standard InChI is InChI=1S/C32H42N4O7/c1-8-32(3,4)34-31(39)30(23-10-12-24(40-5)13-11-23)36(18-17-22-9-14-25(41-6)26(20-22)42-7)29(38)16-15-28(37)33-27-19-21(2)43-35-27/h9-14,19-20,30H,8,15-18H2,1-7H3,(H,34,39)(H,33,35,37)/t30-/m0/s1. The second kappa shape index (κ2) is 15.1. The van der Waals surface area contributed by atoms with E-state index in [-0.39, 0.29) is 42.9 Å². The van der Waals surface area contributed by atoms with E-state index in [1.54, 1.807) is 64.7 Å². The molecule has 3 aromatic rings. The van der Waals surface area contributed by atoms with E-state index in [0.29, 0.717) is 41.4 Å². The molecule has 43 heavy (non-hydrogen) atoms. The fourth-order valence-corrected chi connectivity index (χ4v) is 4.43. The molecule has 0 aliphatic rings. The van der Waals surface area contributed by atoms with Gasteiger partial charge in [-0.15, -0.1) is 0 Å². The highest BCUT2D eigenvalue weighted by molar-refractivity contribution is 5.94. The zero-order valence-electron chi connectivity index (χ0n) is 26.0. The molecule has 0 bridgehead atoms. The van der Waals surface area contributed by atoms with Crippen molar-refractivity contribution in [3.63, 3.8) is 0 Å². The normalized spacial score (nSPS) is 11.8. The maximum Gasteiger partial charge on any atom is 0.247 e. The molecule has 1 aromatic heterocycles. The number of carbonyl (C=O) groups excluding carboxylic acids is 3. The van der Waals surface area contributed by atoms with Crippen LogP contribution in [0.3, 0.4) is 0 Å². The summed E-state index contributed by atoms with van der Waals surface area (Å²) in [6.07, 6.45) is 0.893. The second-order valence-corrected chi connectivity index (χ2v) is 10.8. The number of carbonyl (C=O) groups is 3. The highest BCUT2D eigenvalue weighted by Crippen LogP contribution is 2.30. The summed E-state index contributed by atoms with van der Waals surface area (Å²) in [7, 11) is 4.68. The molecule has 0 unspecified atom stereocenters. The summed E-state index contributed by atoms with van der Waals surface area (Å²) in [6, 6.07) is 13.2. The SMILES string of the molecule is CCC(C)(C)NC(=O)[C@H](c1ccc(OC)cc1)N(CCc1ccc(OC)c(OC)c1)C(=O)CCC(=O)Nc1cc(C)on1. The molecule has 0 aliphatic heterocycles. The molecule has 0 spiro atoms. The van der Waals surface area contributed by atoms with Crippen LogP contribution in [0.5, 0.6) is 17.2 Å². The molecule has 0 aliphatic carbocycles. The lowest BCUT2D eigenvalue weighted by molar-refractivity contribution is -0.142. The molecule has 11 heteroatoms. The molecule has 0 saturated carbocycles. The topological polar surface area (TPSA) is 132 Å². The summed E-state index contributed by atoms with van der Waals surface area (Å²) >= 11 is 0. The first-order valence-corrected chi connectivity index (χ1v) is 14.2. The molecular formula is C32H42N4O7. The van der Waals surface area contributed by atoms with Crippen molar-refractivity contribution in [3.8, 4) is 17.2 Å². The largest absolute Gasteiger partial charge is 0.497 e. The minimum atomic E-state index is -0.953. The van der Waals surface area contributed by atoms with Crippen LogP contribution in [0.15, 0.2) is 53.1 Å². The minimum absolute atomic E-state index is 0.102. The quantitative estimate of drug-likeness (QED) is 0.255.